The first-order valence-corrected chi connectivity index (χ1v) is 18.1. The van der Waals surface area contributed by atoms with E-state index in [2.05, 4.69) is 183 Å². The fourth-order valence-electron chi connectivity index (χ4n) is 5.76. The van der Waals surface area contributed by atoms with Gasteiger partial charge in [0.15, 0.2) is 0 Å². The van der Waals surface area contributed by atoms with Gasteiger partial charge < -0.3 is 0 Å². The van der Waals surface area contributed by atoms with Crippen LogP contribution in [0.4, 0.5) is 17.1 Å². The zero-order valence-corrected chi connectivity index (χ0v) is 25.1. The van der Waals surface area contributed by atoms with Crippen molar-refractivity contribution in [2.75, 3.05) is 4.90 Å². The van der Waals surface area contributed by atoms with Gasteiger partial charge in [0.05, 0.1) is 0 Å². The molecule has 2 heteroatoms. The summed E-state index contributed by atoms with van der Waals surface area (Å²) in [6, 6.07) is 60.5. The molecule has 0 heterocycles. The molecule has 0 saturated carbocycles. The van der Waals surface area contributed by atoms with Crippen LogP contribution in [-0.2, 0) is 0 Å². The van der Waals surface area contributed by atoms with Crippen molar-refractivity contribution < 1.29 is 0 Å². The number of rotatable bonds is 7. The third kappa shape index (κ3) is 4.89. The van der Waals surface area contributed by atoms with Gasteiger partial charge >= 0.3 is 242 Å². The molecule has 40 heavy (non-hydrogen) atoms. The summed E-state index contributed by atoms with van der Waals surface area (Å²) >= 11 is -3.28. The molecule has 0 spiro atoms. The quantitative estimate of drug-likeness (QED) is 0.183. The van der Waals surface area contributed by atoms with Gasteiger partial charge in [-0.2, -0.15) is 0 Å². The van der Waals surface area contributed by atoms with E-state index < -0.39 is 13.3 Å². The van der Waals surface area contributed by atoms with E-state index in [0.717, 1.165) is 17.1 Å². The Morgan fingerprint density at radius 1 is 0.325 bits per heavy atom. The van der Waals surface area contributed by atoms with Gasteiger partial charge in [-0.15, -0.1) is 0 Å². The van der Waals surface area contributed by atoms with Gasteiger partial charge in [-0.05, 0) is 0 Å². The molecule has 0 amide bonds. The first kappa shape index (κ1) is 25.9. The van der Waals surface area contributed by atoms with Gasteiger partial charge in [-0.25, -0.2) is 0 Å². The van der Waals surface area contributed by atoms with Gasteiger partial charge in [0.2, 0.25) is 0 Å². The molecule has 0 saturated heterocycles. The second kappa shape index (κ2) is 11.4. The molecule has 6 rings (SSSR count). The number of benzene rings is 6. The topological polar surface area (TPSA) is 3.24 Å². The molecule has 0 unspecified atom stereocenters. The van der Waals surface area contributed by atoms with Crippen molar-refractivity contribution in [3.63, 3.8) is 0 Å². The van der Waals surface area contributed by atoms with Crippen molar-refractivity contribution in [1.29, 1.82) is 0 Å². The Hall–Kier alpha value is -4.34. The van der Waals surface area contributed by atoms with E-state index in [9.17, 15) is 0 Å². The van der Waals surface area contributed by atoms with E-state index in [1.54, 1.807) is 0 Å². The van der Waals surface area contributed by atoms with Crippen LogP contribution in [-0.4, -0.2) is 13.3 Å². The first-order valence-electron chi connectivity index (χ1n) is 13.9. The Kier molecular flexibility index (Phi) is 7.39. The number of hydrogen-bond acceptors (Lipinski definition) is 1. The van der Waals surface area contributed by atoms with Gasteiger partial charge in [0.25, 0.3) is 0 Å². The van der Waals surface area contributed by atoms with Crippen LogP contribution in [0.1, 0.15) is 11.1 Å². The predicted octanol–water partition coefficient (Wildman–Crippen LogP) is 7.15. The number of nitrogens with zero attached hydrogens (tertiary/aromatic N) is 1. The number of hydrogen-bond donors (Lipinski definition) is 0. The summed E-state index contributed by atoms with van der Waals surface area (Å²) in [5.41, 5.74) is 5.99. The van der Waals surface area contributed by atoms with Crippen molar-refractivity contribution in [1.82, 2.24) is 0 Å². The summed E-state index contributed by atoms with van der Waals surface area (Å²) in [5.74, 6) is 0. The zero-order chi connectivity index (χ0) is 27.4. The Labute approximate surface area is 240 Å². The van der Waals surface area contributed by atoms with Crippen LogP contribution in [0.3, 0.4) is 0 Å². The minimum atomic E-state index is -3.28. The molecular weight excluding hydrogens is 543 g/mol. The van der Waals surface area contributed by atoms with Gasteiger partial charge in [-0.1, -0.05) is 0 Å². The summed E-state index contributed by atoms with van der Waals surface area (Å²) in [5, 5.41) is 0. The Bertz CT molecular complexity index is 1520. The zero-order valence-electron chi connectivity index (χ0n) is 23.0. The maximum atomic E-state index is 2.39. The molecule has 0 fully saturated rings. The third-order valence-corrected chi connectivity index (χ3v) is 17.8. The normalized spacial score (nSPS) is 11.2. The monoisotopic (exact) mass is 577 g/mol. The summed E-state index contributed by atoms with van der Waals surface area (Å²) in [4.78, 5) is 2.35. The molecule has 0 N–H and O–H groups in total. The van der Waals surface area contributed by atoms with Crippen molar-refractivity contribution in [2.45, 2.75) is 13.8 Å². The van der Waals surface area contributed by atoms with Crippen LogP contribution in [0.5, 0.6) is 0 Å². The molecular formula is C38H33GeN. The average molecular weight is 576 g/mol. The predicted molar refractivity (Wildman–Crippen MR) is 174 cm³/mol. The van der Waals surface area contributed by atoms with E-state index in [4.69, 9.17) is 0 Å². The Morgan fingerprint density at radius 2 is 0.600 bits per heavy atom. The Morgan fingerprint density at radius 3 is 0.925 bits per heavy atom. The molecule has 0 atom stereocenters. The van der Waals surface area contributed by atoms with Crippen molar-refractivity contribution in [3.05, 3.63) is 175 Å². The summed E-state index contributed by atoms with van der Waals surface area (Å²) in [7, 11) is 0. The summed E-state index contributed by atoms with van der Waals surface area (Å²) in [6.45, 7) is 4.27. The number of aryl methyl sites for hydroxylation is 2. The molecule has 0 bridgehead atoms. The van der Waals surface area contributed by atoms with Gasteiger partial charge in [-0.3, -0.25) is 0 Å². The van der Waals surface area contributed by atoms with Crippen LogP contribution in [0.2, 0.25) is 0 Å². The van der Waals surface area contributed by atoms with Crippen LogP contribution in [0.25, 0.3) is 0 Å². The van der Waals surface area contributed by atoms with Gasteiger partial charge in [0.1, 0.15) is 0 Å². The van der Waals surface area contributed by atoms with Crippen LogP contribution in [0.15, 0.2) is 164 Å². The molecule has 0 aliphatic carbocycles. The first-order chi connectivity index (χ1) is 19.7. The second-order valence-electron chi connectivity index (χ2n) is 10.4. The van der Waals surface area contributed by atoms with E-state index in [0.29, 0.717) is 0 Å². The molecule has 6 aromatic rings. The molecule has 0 radical (unpaired) electrons. The molecule has 0 aliphatic heterocycles. The summed E-state index contributed by atoms with van der Waals surface area (Å²) < 4.78 is 5.71. The van der Waals surface area contributed by atoms with Crippen molar-refractivity contribution in [2.24, 2.45) is 0 Å². The molecule has 1 nitrogen and oxygen atoms in total. The van der Waals surface area contributed by atoms with Crippen LogP contribution in [0, 0.1) is 13.8 Å². The van der Waals surface area contributed by atoms with E-state index in [1.165, 1.54) is 28.7 Å². The minimum absolute atomic E-state index is 1.15. The molecule has 0 aromatic heterocycles. The molecule has 6 aromatic carbocycles. The van der Waals surface area contributed by atoms with Crippen molar-refractivity contribution in [3.8, 4) is 0 Å². The third-order valence-electron chi connectivity index (χ3n) is 7.76. The second-order valence-corrected chi connectivity index (χ2v) is 18.4. The van der Waals surface area contributed by atoms with Crippen LogP contribution >= 0.6 is 0 Å². The van der Waals surface area contributed by atoms with Crippen molar-refractivity contribution >= 4 is 47.9 Å². The fourth-order valence-corrected chi connectivity index (χ4v) is 15.7. The number of anilines is 3. The molecule has 0 aliphatic rings. The van der Waals surface area contributed by atoms with E-state index in [-0.39, 0.29) is 0 Å². The van der Waals surface area contributed by atoms with Gasteiger partial charge in [0, 0.05) is 0 Å². The fraction of sp³-hybridized carbons (Fsp3) is 0.0526. The van der Waals surface area contributed by atoms with E-state index >= 15 is 0 Å². The maximum absolute atomic E-state index is 3.28. The molecule has 194 valence electrons. The van der Waals surface area contributed by atoms with E-state index in [1.807, 2.05) is 0 Å². The average Bonchev–Trinajstić information content (AvgIpc) is 3.02. The van der Waals surface area contributed by atoms with Crippen LogP contribution < -0.4 is 22.5 Å². The Balaban J connectivity index is 1.55. The standard InChI is InChI=1S/C38H33GeN/c1-30-18-24-36(25-19-30)40(37-26-20-31(2)21-27-37)38-28-22-35(23-29-38)39(32-12-6-3-7-13-32,33-14-8-4-9-15-33)34-16-10-5-11-17-34/h3-29H,1-2H3. The summed E-state index contributed by atoms with van der Waals surface area (Å²) in [6.07, 6.45) is 0. The SMILES string of the molecule is Cc1ccc(N(c2ccc(C)cc2)c2cc[c]([Ge]([c]3ccccc3)([c]3ccccc3)[c]3ccccc3)cc2)cc1.